The lowest BCUT2D eigenvalue weighted by atomic mass is 10.2. The van der Waals surface area contributed by atoms with Gasteiger partial charge in [-0.1, -0.05) is 6.92 Å². The van der Waals surface area contributed by atoms with Gasteiger partial charge < -0.3 is 10.6 Å². The Hall–Kier alpha value is -1.65. The lowest BCUT2D eigenvalue weighted by molar-refractivity contribution is 0.0939. The van der Waals surface area contributed by atoms with E-state index in [1.54, 1.807) is 0 Å². The number of carbonyl (C=O) groups is 1. The summed E-state index contributed by atoms with van der Waals surface area (Å²) in [4.78, 5) is 15.6. The summed E-state index contributed by atoms with van der Waals surface area (Å²) in [5.74, 6) is -0.887. The quantitative estimate of drug-likeness (QED) is 0.828. The molecule has 0 aliphatic rings. The molecule has 4 nitrogen and oxygen atoms in total. The molecule has 0 saturated heterocycles. The molecular weight excluding hydrogens is 221 g/mol. The van der Waals surface area contributed by atoms with Crippen molar-refractivity contribution in [2.75, 3.05) is 11.9 Å². The predicted octanol–water partition coefficient (Wildman–Crippen LogP) is 2.18. The van der Waals surface area contributed by atoms with Crippen LogP contribution in [0.4, 0.5) is 10.2 Å². The van der Waals surface area contributed by atoms with Gasteiger partial charge in [-0.05, 0) is 26.3 Å². The molecule has 2 N–H and O–H groups in total. The number of aromatic nitrogens is 1. The molecule has 0 aliphatic carbocycles. The minimum absolute atomic E-state index is 0.0207. The van der Waals surface area contributed by atoms with Crippen LogP contribution in [0, 0.1) is 5.82 Å². The Labute approximate surface area is 101 Å². The van der Waals surface area contributed by atoms with E-state index in [4.69, 9.17) is 0 Å². The molecule has 0 bridgehead atoms. The number of nitrogens with one attached hydrogen (secondary N) is 2. The molecular formula is C12H18FN3O. The third kappa shape index (κ3) is 3.69. The van der Waals surface area contributed by atoms with E-state index in [1.165, 1.54) is 12.3 Å². The minimum Gasteiger partial charge on any atom is -0.368 e. The monoisotopic (exact) mass is 239 g/mol. The smallest absolute Gasteiger partial charge is 0.254 e. The summed E-state index contributed by atoms with van der Waals surface area (Å²) in [5, 5.41) is 5.49. The number of anilines is 1. The van der Waals surface area contributed by atoms with Crippen LogP contribution in [0.3, 0.4) is 0 Å². The third-order valence-corrected chi connectivity index (χ3v) is 2.10. The molecule has 0 unspecified atom stereocenters. The molecule has 0 radical (unpaired) electrons. The summed E-state index contributed by atoms with van der Waals surface area (Å²) in [6.45, 7) is 6.25. The fourth-order valence-electron chi connectivity index (χ4n) is 1.33. The maximum Gasteiger partial charge on any atom is 0.254 e. The molecule has 1 heterocycles. The first-order valence-electron chi connectivity index (χ1n) is 5.75. The second kappa shape index (κ2) is 6.18. The second-order valence-electron chi connectivity index (χ2n) is 4.08. The molecule has 1 rings (SSSR count). The Balaban J connectivity index is 2.89. The van der Waals surface area contributed by atoms with Gasteiger partial charge in [-0.3, -0.25) is 4.79 Å². The SMILES string of the molecule is CCCNc1nccc(C(=O)NC(C)C)c1F. The van der Waals surface area contributed by atoms with Crippen LogP contribution in [0.5, 0.6) is 0 Å². The summed E-state index contributed by atoms with van der Waals surface area (Å²) in [6.07, 6.45) is 2.29. The molecule has 1 amide bonds. The fourth-order valence-corrected chi connectivity index (χ4v) is 1.33. The van der Waals surface area contributed by atoms with Gasteiger partial charge in [0.05, 0.1) is 5.56 Å². The zero-order chi connectivity index (χ0) is 12.8. The first-order valence-corrected chi connectivity index (χ1v) is 5.75. The molecule has 0 fully saturated rings. The number of carbonyl (C=O) groups excluding carboxylic acids is 1. The minimum atomic E-state index is -0.598. The number of hydrogen-bond acceptors (Lipinski definition) is 3. The van der Waals surface area contributed by atoms with Crippen molar-refractivity contribution in [3.8, 4) is 0 Å². The average Bonchev–Trinajstić information content (AvgIpc) is 2.26. The molecule has 1 aromatic rings. The maximum absolute atomic E-state index is 13.9. The standard InChI is InChI=1S/C12H18FN3O/c1-4-6-14-11-10(13)9(5-7-15-11)12(17)16-8(2)3/h5,7-8H,4,6H2,1-3H3,(H,14,15)(H,16,17). The van der Waals surface area contributed by atoms with Gasteiger partial charge in [0.25, 0.3) is 5.91 Å². The number of amides is 1. The van der Waals surface area contributed by atoms with Gasteiger partial charge in [-0.2, -0.15) is 0 Å². The topological polar surface area (TPSA) is 54.0 Å². The van der Waals surface area contributed by atoms with Crippen molar-refractivity contribution in [3.63, 3.8) is 0 Å². The van der Waals surface area contributed by atoms with Crippen molar-refractivity contribution in [1.82, 2.24) is 10.3 Å². The lowest BCUT2D eigenvalue weighted by Crippen LogP contribution is -2.31. The highest BCUT2D eigenvalue weighted by molar-refractivity contribution is 5.95. The van der Waals surface area contributed by atoms with Crippen molar-refractivity contribution in [1.29, 1.82) is 0 Å². The van der Waals surface area contributed by atoms with Crippen LogP contribution in [0.1, 0.15) is 37.6 Å². The van der Waals surface area contributed by atoms with E-state index in [9.17, 15) is 9.18 Å². The molecule has 0 aromatic carbocycles. The van der Waals surface area contributed by atoms with Gasteiger partial charge >= 0.3 is 0 Å². The molecule has 0 spiro atoms. The van der Waals surface area contributed by atoms with Crippen molar-refractivity contribution in [2.45, 2.75) is 33.2 Å². The molecule has 94 valence electrons. The van der Waals surface area contributed by atoms with E-state index in [0.717, 1.165) is 6.42 Å². The van der Waals surface area contributed by atoms with Gasteiger partial charge in [0.2, 0.25) is 0 Å². The van der Waals surface area contributed by atoms with E-state index < -0.39 is 11.7 Å². The van der Waals surface area contributed by atoms with E-state index >= 15 is 0 Å². The Morgan fingerprint density at radius 2 is 2.24 bits per heavy atom. The average molecular weight is 239 g/mol. The van der Waals surface area contributed by atoms with E-state index in [-0.39, 0.29) is 17.4 Å². The molecule has 0 saturated carbocycles. The first kappa shape index (κ1) is 13.4. The van der Waals surface area contributed by atoms with Crippen molar-refractivity contribution in [3.05, 3.63) is 23.6 Å². The summed E-state index contributed by atoms with van der Waals surface area (Å²) >= 11 is 0. The van der Waals surface area contributed by atoms with E-state index in [1.807, 2.05) is 20.8 Å². The molecule has 0 aliphatic heterocycles. The lowest BCUT2D eigenvalue weighted by Gasteiger charge is -2.11. The van der Waals surface area contributed by atoms with Crippen LogP contribution < -0.4 is 10.6 Å². The molecule has 5 heteroatoms. The highest BCUT2D eigenvalue weighted by Gasteiger charge is 2.16. The summed E-state index contributed by atoms with van der Waals surface area (Å²) in [6, 6.07) is 1.35. The maximum atomic E-state index is 13.9. The van der Waals surface area contributed by atoms with Crippen LogP contribution in [0.2, 0.25) is 0 Å². The zero-order valence-corrected chi connectivity index (χ0v) is 10.4. The number of hydrogen-bond donors (Lipinski definition) is 2. The normalized spacial score (nSPS) is 10.4. The number of halogens is 1. The summed E-state index contributed by atoms with van der Waals surface area (Å²) in [5.41, 5.74) is 0.0207. The Morgan fingerprint density at radius 3 is 2.82 bits per heavy atom. The zero-order valence-electron chi connectivity index (χ0n) is 10.4. The number of nitrogens with zero attached hydrogens (tertiary/aromatic N) is 1. The molecule has 1 aromatic heterocycles. The number of rotatable bonds is 5. The second-order valence-corrected chi connectivity index (χ2v) is 4.08. The largest absolute Gasteiger partial charge is 0.368 e. The van der Waals surface area contributed by atoms with E-state index in [0.29, 0.717) is 6.54 Å². The third-order valence-electron chi connectivity index (χ3n) is 2.10. The molecule has 0 atom stereocenters. The van der Waals surface area contributed by atoms with Crippen LogP contribution in [0.15, 0.2) is 12.3 Å². The van der Waals surface area contributed by atoms with Gasteiger partial charge in [0, 0.05) is 18.8 Å². The van der Waals surface area contributed by atoms with Gasteiger partial charge in [-0.25, -0.2) is 9.37 Å². The highest BCUT2D eigenvalue weighted by atomic mass is 19.1. The van der Waals surface area contributed by atoms with Crippen LogP contribution >= 0.6 is 0 Å². The van der Waals surface area contributed by atoms with Gasteiger partial charge in [0.15, 0.2) is 11.6 Å². The van der Waals surface area contributed by atoms with Gasteiger partial charge in [-0.15, -0.1) is 0 Å². The Bertz CT molecular complexity index is 393. The van der Waals surface area contributed by atoms with Crippen molar-refractivity contribution < 1.29 is 9.18 Å². The molecule has 17 heavy (non-hydrogen) atoms. The van der Waals surface area contributed by atoms with Crippen LogP contribution in [0.25, 0.3) is 0 Å². The fraction of sp³-hybridized carbons (Fsp3) is 0.500. The highest BCUT2D eigenvalue weighted by Crippen LogP contribution is 2.15. The first-order chi connectivity index (χ1) is 8.06. The van der Waals surface area contributed by atoms with E-state index in [2.05, 4.69) is 15.6 Å². The van der Waals surface area contributed by atoms with Gasteiger partial charge in [0.1, 0.15) is 0 Å². The summed E-state index contributed by atoms with van der Waals surface area (Å²) in [7, 11) is 0. The summed E-state index contributed by atoms with van der Waals surface area (Å²) < 4.78 is 13.9. The van der Waals surface area contributed by atoms with Crippen LogP contribution in [-0.2, 0) is 0 Å². The Morgan fingerprint density at radius 1 is 1.53 bits per heavy atom. The number of pyridine rings is 1. The Kier molecular flexibility index (Phi) is 4.87. The van der Waals surface area contributed by atoms with Crippen molar-refractivity contribution in [2.24, 2.45) is 0 Å². The van der Waals surface area contributed by atoms with Crippen molar-refractivity contribution >= 4 is 11.7 Å². The predicted molar refractivity (Wildman–Crippen MR) is 65.6 cm³/mol. The van der Waals surface area contributed by atoms with Crippen LogP contribution in [-0.4, -0.2) is 23.5 Å².